The second-order valence-corrected chi connectivity index (χ2v) is 5.48. The van der Waals surface area contributed by atoms with E-state index in [0.29, 0.717) is 23.5 Å². The Labute approximate surface area is 120 Å². The highest BCUT2D eigenvalue weighted by Crippen LogP contribution is 2.26. The predicted molar refractivity (Wildman–Crippen MR) is 73.1 cm³/mol. The number of imidazole rings is 1. The second-order valence-electron chi connectivity index (χ2n) is 4.82. The second kappa shape index (κ2) is 5.03. The fourth-order valence-corrected chi connectivity index (χ4v) is 2.42. The van der Waals surface area contributed by atoms with Crippen molar-refractivity contribution in [2.75, 3.05) is 6.61 Å². The van der Waals surface area contributed by atoms with Gasteiger partial charge in [-0.3, -0.25) is 0 Å². The van der Waals surface area contributed by atoms with E-state index in [1.165, 1.54) is 6.07 Å². The third-order valence-electron chi connectivity index (χ3n) is 3.38. The Morgan fingerprint density at radius 3 is 2.90 bits per heavy atom. The van der Waals surface area contributed by atoms with Gasteiger partial charge in [0.25, 0.3) is 0 Å². The van der Waals surface area contributed by atoms with Crippen LogP contribution in [0.5, 0.6) is 0 Å². The third-order valence-corrected chi connectivity index (χ3v) is 3.57. The summed E-state index contributed by atoms with van der Waals surface area (Å²) in [6.45, 7) is 3.19. The van der Waals surface area contributed by atoms with E-state index in [9.17, 15) is 4.79 Å². The van der Waals surface area contributed by atoms with Crippen molar-refractivity contribution in [2.45, 2.75) is 31.4 Å². The van der Waals surface area contributed by atoms with Crippen LogP contribution >= 0.6 is 11.6 Å². The number of alkyl halides is 1. The zero-order valence-electron chi connectivity index (χ0n) is 10.9. The van der Waals surface area contributed by atoms with Gasteiger partial charge in [-0.1, -0.05) is 0 Å². The first-order valence-corrected chi connectivity index (χ1v) is 6.86. The largest absolute Gasteiger partial charge is 0.477 e. The van der Waals surface area contributed by atoms with Crippen LogP contribution in [0.15, 0.2) is 12.1 Å². The van der Waals surface area contributed by atoms with E-state index in [4.69, 9.17) is 21.4 Å². The lowest BCUT2D eigenvalue weighted by molar-refractivity contribution is -0.0590. The summed E-state index contributed by atoms with van der Waals surface area (Å²) in [5.74, 6) is -0.368. The number of rotatable bonds is 4. The van der Waals surface area contributed by atoms with E-state index in [-0.39, 0.29) is 17.2 Å². The van der Waals surface area contributed by atoms with Gasteiger partial charge in [0.15, 0.2) is 11.3 Å². The van der Waals surface area contributed by atoms with Gasteiger partial charge in [0.2, 0.25) is 0 Å². The minimum atomic E-state index is -1.06. The molecule has 2 aromatic heterocycles. The summed E-state index contributed by atoms with van der Waals surface area (Å²) in [6.07, 6.45) is 1.10. The molecule has 0 radical (unpaired) electrons. The van der Waals surface area contributed by atoms with Crippen molar-refractivity contribution >= 4 is 28.7 Å². The number of hydrogen-bond acceptors (Lipinski definition) is 4. The molecule has 0 bridgehead atoms. The normalized spacial score (nSPS) is 19.8. The van der Waals surface area contributed by atoms with Crippen molar-refractivity contribution in [3.8, 4) is 0 Å². The number of halogens is 1. The molecule has 6 nitrogen and oxygen atoms in total. The molecular formula is C13H14ClN3O3. The van der Waals surface area contributed by atoms with Crippen LogP contribution in [0.1, 0.15) is 35.0 Å². The zero-order valence-corrected chi connectivity index (χ0v) is 11.7. The molecule has 2 aromatic rings. The summed E-state index contributed by atoms with van der Waals surface area (Å²) in [5, 5.41) is 8.77. The van der Waals surface area contributed by atoms with Gasteiger partial charge in [0.05, 0.1) is 18.0 Å². The van der Waals surface area contributed by atoms with Crippen LogP contribution in [0, 0.1) is 0 Å². The molecule has 2 atom stereocenters. The van der Waals surface area contributed by atoms with Gasteiger partial charge in [-0.2, -0.15) is 0 Å². The van der Waals surface area contributed by atoms with Crippen molar-refractivity contribution < 1.29 is 14.6 Å². The first-order valence-electron chi connectivity index (χ1n) is 6.42. The molecular weight excluding hydrogens is 282 g/mol. The standard InChI is InChI=1S/C13H14ClN3O3/c1-7(14)11-15-9-2-3-10(13(18)19)16-12(9)17(11)6-8-4-5-20-8/h2-3,7-8H,4-6H2,1H3,(H,18,19)/t7-,8-/m0/s1. The lowest BCUT2D eigenvalue weighted by atomic mass is 10.2. The summed E-state index contributed by atoms with van der Waals surface area (Å²) in [6, 6.07) is 3.11. The summed E-state index contributed by atoms with van der Waals surface area (Å²) in [5.41, 5.74) is 1.20. The summed E-state index contributed by atoms with van der Waals surface area (Å²) < 4.78 is 7.29. The number of hydrogen-bond donors (Lipinski definition) is 1. The van der Waals surface area contributed by atoms with E-state index in [1.807, 2.05) is 11.5 Å². The molecule has 0 aromatic carbocycles. The molecule has 0 saturated carbocycles. The van der Waals surface area contributed by atoms with Crippen molar-refractivity contribution in [1.29, 1.82) is 0 Å². The molecule has 0 amide bonds. The Balaban J connectivity index is 2.11. The molecule has 1 fully saturated rings. The van der Waals surface area contributed by atoms with Gasteiger partial charge in [0, 0.05) is 6.61 Å². The molecule has 1 aliphatic rings. The van der Waals surface area contributed by atoms with Gasteiger partial charge in [0.1, 0.15) is 11.3 Å². The molecule has 3 heterocycles. The van der Waals surface area contributed by atoms with Crippen LogP contribution in [0.25, 0.3) is 11.2 Å². The van der Waals surface area contributed by atoms with Gasteiger partial charge >= 0.3 is 5.97 Å². The molecule has 20 heavy (non-hydrogen) atoms. The predicted octanol–water partition coefficient (Wildman–Crippen LogP) is 2.22. The topological polar surface area (TPSA) is 77.2 Å². The molecule has 0 aliphatic carbocycles. The average molecular weight is 296 g/mol. The number of ether oxygens (including phenoxy) is 1. The van der Waals surface area contributed by atoms with Gasteiger partial charge in [-0.15, -0.1) is 11.6 Å². The SMILES string of the molecule is C[C@H](Cl)c1nc2ccc(C(=O)O)nc2n1C[C@@H]1CCO1. The first kappa shape index (κ1) is 13.3. The number of aromatic carboxylic acids is 1. The fraction of sp³-hybridized carbons (Fsp3) is 0.462. The first-order chi connectivity index (χ1) is 9.56. The molecule has 0 spiro atoms. The number of carbonyl (C=O) groups is 1. The Hall–Kier alpha value is -1.66. The van der Waals surface area contributed by atoms with Crippen LogP contribution in [0.4, 0.5) is 0 Å². The number of pyridine rings is 1. The maximum Gasteiger partial charge on any atom is 0.354 e. The Kier molecular flexibility index (Phi) is 3.35. The molecule has 3 rings (SSSR count). The summed E-state index contributed by atoms with van der Waals surface area (Å²) >= 11 is 6.16. The number of carboxylic acid groups (broad SMARTS) is 1. The van der Waals surface area contributed by atoms with Crippen molar-refractivity contribution in [1.82, 2.24) is 14.5 Å². The lowest BCUT2D eigenvalue weighted by Gasteiger charge is -2.27. The number of aromatic nitrogens is 3. The van der Waals surface area contributed by atoms with Crippen LogP contribution in [0.3, 0.4) is 0 Å². The number of fused-ring (bicyclic) bond motifs is 1. The van der Waals surface area contributed by atoms with Crippen LogP contribution in [0.2, 0.25) is 0 Å². The van der Waals surface area contributed by atoms with Gasteiger partial charge in [-0.05, 0) is 25.5 Å². The van der Waals surface area contributed by atoms with Crippen molar-refractivity contribution in [3.63, 3.8) is 0 Å². The highest BCUT2D eigenvalue weighted by molar-refractivity contribution is 6.20. The molecule has 0 unspecified atom stereocenters. The number of nitrogens with zero attached hydrogens (tertiary/aromatic N) is 3. The quantitative estimate of drug-likeness (QED) is 0.875. The van der Waals surface area contributed by atoms with Crippen LogP contribution in [-0.4, -0.2) is 38.3 Å². The minimum absolute atomic E-state index is 0.00181. The van der Waals surface area contributed by atoms with E-state index in [1.54, 1.807) is 6.07 Å². The van der Waals surface area contributed by atoms with Crippen molar-refractivity contribution in [3.05, 3.63) is 23.7 Å². The highest BCUT2D eigenvalue weighted by atomic mass is 35.5. The highest BCUT2D eigenvalue weighted by Gasteiger charge is 2.24. The van der Waals surface area contributed by atoms with Crippen LogP contribution < -0.4 is 0 Å². The van der Waals surface area contributed by atoms with Gasteiger partial charge in [-0.25, -0.2) is 14.8 Å². The van der Waals surface area contributed by atoms with E-state index < -0.39 is 5.97 Å². The maximum absolute atomic E-state index is 11.0. The van der Waals surface area contributed by atoms with Crippen LogP contribution in [-0.2, 0) is 11.3 Å². The fourth-order valence-electron chi connectivity index (χ4n) is 2.25. The van der Waals surface area contributed by atoms with E-state index in [0.717, 1.165) is 13.0 Å². The van der Waals surface area contributed by atoms with E-state index >= 15 is 0 Å². The zero-order chi connectivity index (χ0) is 14.3. The Morgan fingerprint density at radius 1 is 1.60 bits per heavy atom. The van der Waals surface area contributed by atoms with Crippen molar-refractivity contribution in [2.24, 2.45) is 0 Å². The maximum atomic E-state index is 11.0. The average Bonchev–Trinajstić information content (AvgIpc) is 2.71. The molecule has 1 saturated heterocycles. The van der Waals surface area contributed by atoms with E-state index in [2.05, 4.69) is 9.97 Å². The summed E-state index contributed by atoms with van der Waals surface area (Å²) in [4.78, 5) is 19.7. The third kappa shape index (κ3) is 2.25. The molecule has 106 valence electrons. The Bertz CT molecular complexity index is 664. The Morgan fingerprint density at radius 2 is 2.35 bits per heavy atom. The smallest absolute Gasteiger partial charge is 0.354 e. The van der Waals surface area contributed by atoms with Gasteiger partial charge < -0.3 is 14.4 Å². The number of carboxylic acids is 1. The summed E-state index contributed by atoms with van der Waals surface area (Å²) in [7, 11) is 0. The molecule has 1 N–H and O–H groups in total. The lowest BCUT2D eigenvalue weighted by Crippen LogP contribution is -2.32. The molecule has 1 aliphatic heterocycles. The monoisotopic (exact) mass is 295 g/mol. The molecule has 7 heteroatoms. The minimum Gasteiger partial charge on any atom is -0.477 e.